The summed E-state index contributed by atoms with van der Waals surface area (Å²) in [5.41, 5.74) is 2.37. The van der Waals surface area contributed by atoms with Gasteiger partial charge in [-0.1, -0.05) is 19.0 Å². The molecule has 140 valence electrons. The lowest BCUT2D eigenvalue weighted by Crippen LogP contribution is -2.44. The fourth-order valence-electron chi connectivity index (χ4n) is 3.67. The van der Waals surface area contributed by atoms with Crippen molar-refractivity contribution < 1.29 is 19.2 Å². The van der Waals surface area contributed by atoms with Crippen LogP contribution in [0.4, 0.5) is 0 Å². The molecule has 0 aromatic carbocycles. The van der Waals surface area contributed by atoms with Crippen molar-refractivity contribution in [2.24, 2.45) is 0 Å². The van der Waals surface area contributed by atoms with Gasteiger partial charge in [0, 0.05) is 24.7 Å². The van der Waals surface area contributed by atoms with Crippen LogP contribution in [0, 0.1) is 6.92 Å². The summed E-state index contributed by atoms with van der Waals surface area (Å²) < 4.78 is 5.37. The third kappa shape index (κ3) is 3.57. The maximum atomic E-state index is 13.4. The van der Waals surface area contributed by atoms with E-state index in [9.17, 15) is 9.59 Å². The Morgan fingerprint density at radius 1 is 1.38 bits per heavy atom. The van der Waals surface area contributed by atoms with Gasteiger partial charge in [-0.3, -0.25) is 9.59 Å². The van der Waals surface area contributed by atoms with Gasteiger partial charge in [-0.25, -0.2) is 4.98 Å². The minimum atomic E-state index is -0.828. The minimum Gasteiger partial charge on any atom is -0.481 e. The highest BCUT2D eigenvalue weighted by atomic mass is 16.5. The molecular weight excluding hydrogens is 334 g/mol. The predicted octanol–water partition coefficient (Wildman–Crippen LogP) is 3.51. The number of piperidine rings is 1. The van der Waals surface area contributed by atoms with Crippen molar-refractivity contribution in [2.75, 3.05) is 6.54 Å². The first-order valence-corrected chi connectivity index (χ1v) is 9.18. The molecule has 1 saturated heterocycles. The zero-order valence-electron chi connectivity index (χ0n) is 15.5. The average Bonchev–Trinajstić information content (AvgIpc) is 3.02. The summed E-state index contributed by atoms with van der Waals surface area (Å²) in [5, 5.41) is 13.8. The van der Waals surface area contributed by atoms with Crippen molar-refractivity contribution in [1.82, 2.24) is 15.0 Å². The van der Waals surface area contributed by atoms with E-state index in [2.05, 4.69) is 10.1 Å². The molecule has 0 saturated carbocycles. The van der Waals surface area contributed by atoms with E-state index in [0.717, 1.165) is 25.0 Å². The Bertz CT molecular complexity index is 828. The van der Waals surface area contributed by atoms with E-state index in [1.165, 1.54) is 0 Å². The molecule has 26 heavy (non-hydrogen) atoms. The highest BCUT2D eigenvalue weighted by Crippen LogP contribution is 2.30. The lowest BCUT2D eigenvalue weighted by Gasteiger charge is -2.36. The predicted molar refractivity (Wildman–Crippen MR) is 96.2 cm³/mol. The van der Waals surface area contributed by atoms with Crippen LogP contribution in [0.15, 0.2) is 10.6 Å². The molecule has 0 bridgehead atoms. The number of fused-ring (bicyclic) bond motifs is 1. The van der Waals surface area contributed by atoms with Crippen LogP contribution in [0.2, 0.25) is 0 Å². The SMILES string of the molecule is Cc1cc(C(=O)N2CCCCC2CCC(=O)O)c2c(C(C)C)noc2n1. The van der Waals surface area contributed by atoms with Crippen LogP contribution in [0.5, 0.6) is 0 Å². The molecule has 1 fully saturated rings. The molecule has 1 atom stereocenters. The average molecular weight is 359 g/mol. The first-order valence-electron chi connectivity index (χ1n) is 9.18. The molecule has 1 amide bonds. The molecule has 1 unspecified atom stereocenters. The number of carboxylic acids is 1. The second-order valence-electron chi connectivity index (χ2n) is 7.29. The number of rotatable bonds is 5. The Kier molecular flexibility index (Phi) is 5.25. The summed E-state index contributed by atoms with van der Waals surface area (Å²) in [4.78, 5) is 30.5. The third-order valence-electron chi connectivity index (χ3n) is 4.96. The highest BCUT2D eigenvalue weighted by Gasteiger charge is 2.31. The van der Waals surface area contributed by atoms with E-state index in [-0.39, 0.29) is 24.3 Å². The lowest BCUT2D eigenvalue weighted by molar-refractivity contribution is -0.137. The van der Waals surface area contributed by atoms with Crippen molar-refractivity contribution >= 4 is 23.0 Å². The number of hydrogen-bond donors (Lipinski definition) is 1. The topological polar surface area (TPSA) is 96.5 Å². The van der Waals surface area contributed by atoms with Crippen molar-refractivity contribution in [1.29, 1.82) is 0 Å². The van der Waals surface area contributed by atoms with Gasteiger partial charge in [0.15, 0.2) is 0 Å². The number of hydrogen-bond acceptors (Lipinski definition) is 5. The summed E-state index contributed by atoms with van der Waals surface area (Å²) in [6.07, 6.45) is 3.35. The Labute approximate surface area is 152 Å². The molecule has 1 aliphatic rings. The minimum absolute atomic E-state index is 0.0433. The number of nitrogens with zero attached hydrogens (tertiary/aromatic N) is 3. The number of aryl methyl sites for hydroxylation is 1. The number of aromatic nitrogens is 2. The molecule has 2 aromatic heterocycles. The van der Waals surface area contributed by atoms with E-state index in [4.69, 9.17) is 9.63 Å². The van der Waals surface area contributed by atoms with Crippen LogP contribution >= 0.6 is 0 Å². The molecule has 2 aromatic rings. The van der Waals surface area contributed by atoms with Crippen LogP contribution in [-0.2, 0) is 4.79 Å². The zero-order valence-corrected chi connectivity index (χ0v) is 15.5. The maximum Gasteiger partial charge on any atom is 0.303 e. The third-order valence-corrected chi connectivity index (χ3v) is 4.96. The lowest BCUT2D eigenvalue weighted by atomic mass is 9.95. The number of aliphatic carboxylic acids is 1. The molecule has 1 N–H and O–H groups in total. The van der Waals surface area contributed by atoms with Crippen LogP contribution < -0.4 is 0 Å². The maximum absolute atomic E-state index is 13.4. The van der Waals surface area contributed by atoms with Gasteiger partial charge in [-0.15, -0.1) is 0 Å². The van der Waals surface area contributed by atoms with Crippen molar-refractivity contribution in [3.05, 3.63) is 23.0 Å². The van der Waals surface area contributed by atoms with E-state index in [1.54, 1.807) is 6.07 Å². The number of carbonyl (C=O) groups excluding carboxylic acids is 1. The number of amides is 1. The van der Waals surface area contributed by atoms with Gasteiger partial charge in [0.1, 0.15) is 0 Å². The zero-order chi connectivity index (χ0) is 18.8. The van der Waals surface area contributed by atoms with Crippen LogP contribution in [-0.4, -0.2) is 44.6 Å². The smallest absolute Gasteiger partial charge is 0.303 e. The molecule has 0 radical (unpaired) electrons. The van der Waals surface area contributed by atoms with E-state index >= 15 is 0 Å². The van der Waals surface area contributed by atoms with E-state index in [1.807, 2.05) is 25.7 Å². The number of carbonyl (C=O) groups is 2. The second-order valence-corrected chi connectivity index (χ2v) is 7.29. The Hall–Kier alpha value is -2.44. The second kappa shape index (κ2) is 7.43. The summed E-state index contributed by atoms with van der Waals surface area (Å²) in [6, 6.07) is 1.74. The molecule has 7 nitrogen and oxygen atoms in total. The monoisotopic (exact) mass is 359 g/mol. The van der Waals surface area contributed by atoms with Crippen LogP contribution in [0.1, 0.15) is 73.6 Å². The standard InChI is InChI=1S/C19H25N3O4/c1-11(2)17-16-14(10-12(3)20-18(16)26-21-17)19(25)22-9-5-4-6-13(22)7-8-15(23)24/h10-11,13H,4-9H2,1-3H3,(H,23,24). The first-order chi connectivity index (χ1) is 12.4. The molecule has 3 heterocycles. The summed E-state index contributed by atoms with van der Waals surface area (Å²) in [5.74, 6) is -0.802. The Morgan fingerprint density at radius 2 is 2.15 bits per heavy atom. The summed E-state index contributed by atoms with van der Waals surface area (Å²) >= 11 is 0. The molecule has 0 aliphatic carbocycles. The van der Waals surface area contributed by atoms with Gasteiger partial charge < -0.3 is 14.5 Å². The number of likely N-dealkylation sites (tertiary alicyclic amines) is 1. The molecule has 0 spiro atoms. The summed E-state index contributed by atoms with van der Waals surface area (Å²) in [7, 11) is 0. The van der Waals surface area contributed by atoms with Gasteiger partial charge >= 0.3 is 5.97 Å². The fourth-order valence-corrected chi connectivity index (χ4v) is 3.67. The normalized spacial score (nSPS) is 17.8. The highest BCUT2D eigenvalue weighted by molar-refractivity contribution is 6.06. The van der Waals surface area contributed by atoms with Gasteiger partial charge in [-0.2, -0.15) is 0 Å². The Morgan fingerprint density at radius 3 is 2.85 bits per heavy atom. The number of carboxylic acid groups (broad SMARTS) is 1. The van der Waals surface area contributed by atoms with Crippen molar-refractivity contribution in [2.45, 2.75) is 64.8 Å². The van der Waals surface area contributed by atoms with Crippen LogP contribution in [0.25, 0.3) is 11.1 Å². The van der Waals surface area contributed by atoms with E-state index < -0.39 is 5.97 Å². The van der Waals surface area contributed by atoms with Gasteiger partial charge in [0.25, 0.3) is 11.6 Å². The van der Waals surface area contributed by atoms with Crippen molar-refractivity contribution in [3.8, 4) is 0 Å². The fraction of sp³-hybridized carbons (Fsp3) is 0.579. The summed E-state index contributed by atoms with van der Waals surface area (Å²) in [6.45, 7) is 6.48. The molecule has 1 aliphatic heterocycles. The molecule has 3 rings (SSSR count). The van der Waals surface area contributed by atoms with Crippen LogP contribution in [0.3, 0.4) is 0 Å². The largest absolute Gasteiger partial charge is 0.481 e. The Balaban J connectivity index is 1.99. The van der Waals surface area contributed by atoms with Gasteiger partial charge in [-0.05, 0) is 44.6 Å². The molecule has 7 heteroatoms. The van der Waals surface area contributed by atoms with Gasteiger partial charge in [0.2, 0.25) is 0 Å². The quantitative estimate of drug-likeness (QED) is 0.877. The van der Waals surface area contributed by atoms with Crippen molar-refractivity contribution in [3.63, 3.8) is 0 Å². The number of pyridine rings is 1. The van der Waals surface area contributed by atoms with Gasteiger partial charge in [0.05, 0.1) is 16.6 Å². The first kappa shape index (κ1) is 18.4. The molecular formula is C19H25N3O4. The van der Waals surface area contributed by atoms with E-state index in [0.29, 0.717) is 35.3 Å².